The van der Waals surface area contributed by atoms with Crippen molar-refractivity contribution in [3.05, 3.63) is 45.2 Å². The molecule has 5 nitrogen and oxygen atoms in total. The first-order valence-corrected chi connectivity index (χ1v) is 7.41. The predicted octanol–water partition coefficient (Wildman–Crippen LogP) is 4.31. The molecule has 0 bridgehead atoms. The van der Waals surface area contributed by atoms with E-state index in [-0.39, 0.29) is 27.9 Å². The topological polar surface area (TPSA) is 63.8 Å². The van der Waals surface area contributed by atoms with Gasteiger partial charge in [-0.25, -0.2) is 4.98 Å². The first-order chi connectivity index (χ1) is 11.2. The molecule has 3 aromatic heterocycles. The summed E-state index contributed by atoms with van der Waals surface area (Å²) in [7, 11) is 0. The first kappa shape index (κ1) is 16.4. The first-order valence-electron chi connectivity index (χ1n) is 7.01. The van der Waals surface area contributed by atoms with Gasteiger partial charge in [0.25, 0.3) is 5.56 Å². The van der Waals surface area contributed by atoms with Gasteiger partial charge < -0.3 is 4.42 Å². The molecule has 1 N–H and O–H groups in total. The Morgan fingerprint density at radius 1 is 1.38 bits per heavy atom. The van der Waals surface area contributed by atoms with Gasteiger partial charge in [-0.3, -0.25) is 14.3 Å². The van der Waals surface area contributed by atoms with Gasteiger partial charge in [0.2, 0.25) is 0 Å². The van der Waals surface area contributed by atoms with E-state index in [9.17, 15) is 18.0 Å². The smallest absolute Gasteiger partial charge is 0.417 e. The lowest BCUT2D eigenvalue weighted by molar-refractivity contribution is -0.136. The molecule has 0 amide bonds. The average molecular weight is 355 g/mol. The van der Waals surface area contributed by atoms with Crippen LogP contribution in [-0.4, -0.2) is 14.5 Å². The zero-order valence-electron chi connectivity index (χ0n) is 12.6. The van der Waals surface area contributed by atoms with Crippen molar-refractivity contribution in [1.29, 1.82) is 0 Å². The number of halogens is 3. The van der Waals surface area contributed by atoms with Crippen LogP contribution in [0.1, 0.15) is 25.5 Å². The van der Waals surface area contributed by atoms with Crippen LogP contribution in [0.2, 0.25) is 0 Å². The zero-order valence-corrected chi connectivity index (χ0v) is 13.5. The molecule has 0 spiro atoms. The summed E-state index contributed by atoms with van der Waals surface area (Å²) >= 11 is 5.09. The SMILES string of the molecule is CC(C)n1c(=S)[nH]c(=O)c2c(C(F)(F)F)cc(-c3ccco3)nc21. The Hall–Kier alpha value is -2.42. The molecule has 0 aliphatic carbocycles. The van der Waals surface area contributed by atoms with Crippen LogP contribution < -0.4 is 5.56 Å². The summed E-state index contributed by atoms with van der Waals surface area (Å²) in [4.78, 5) is 18.6. The summed E-state index contributed by atoms with van der Waals surface area (Å²) in [5.41, 5.74) is -2.14. The molecule has 0 atom stereocenters. The predicted molar refractivity (Wildman–Crippen MR) is 84.3 cm³/mol. The van der Waals surface area contributed by atoms with Crippen LogP contribution in [-0.2, 0) is 6.18 Å². The van der Waals surface area contributed by atoms with E-state index < -0.39 is 22.7 Å². The van der Waals surface area contributed by atoms with Gasteiger partial charge in [-0.1, -0.05) is 0 Å². The van der Waals surface area contributed by atoms with E-state index in [0.717, 1.165) is 6.07 Å². The van der Waals surface area contributed by atoms with Gasteiger partial charge in [0.15, 0.2) is 10.5 Å². The van der Waals surface area contributed by atoms with Crippen molar-refractivity contribution in [2.75, 3.05) is 0 Å². The number of H-pyrrole nitrogens is 1. The fraction of sp³-hybridized carbons (Fsp3) is 0.267. The maximum atomic E-state index is 13.5. The maximum absolute atomic E-state index is 13.5. The standard InChI is InChI=1S/C15H12F3N3O2S/c1-7(2)21-12-11(13(22)20-14(21)24)8(15(16,17)18)6-9(19-12)10-4-3-5-23-10/h3-7H,1-2H3,(H,20,22,24). The number of alkyl halides is 3. The van der Waals surface area contributed by atoms with Crippen LogP contribution in [0.25, 0.3) is 22.5 Å². The maximum Gasteiger partial charge on any atom is 0.417 e. The van der Waals surface area contributed by atoms with Crippen molar-refractivity contribution in [2.24, 2.45) is 0 Å². The summed E-state index contributed by atoms with van der Waals surface area (Å²) in [5, 5.41) is -0.542. The van der Waals surface area contributed by atoms with Crippen LogP contribution in [0.3, 0.4) is 0 Å². The van der Waals surface area contributed by atoms with Crippen molar-refractivity contribution in [3.8, 4) is 11.5 Å². The lowest BCUT2D eigenvalue weighted by Crippen LogP contribution is -2.21. The van der Waals surface area contributed by atoms with E-state index in [0.29, 0.717) is 0 Å². The summed E-state index contributed by atoms with van der Waals surface area (Å²) in [5.74, 6) is 0.170. The third-order valence-corrected chi connectivity index (χ3v) is 3.79. The summed E-state index contributed by atoms with van der Waals surface area (Å²) in [6, 6.07) is 3.55. The number of pyridine rings is 1. The highest BCUT2D eigenvalue weighted by atomic mass is 32.1. The molecule has 0 saturated carbocycles. The number of hydrogen-bond donors (Lipinski definition) is 1. The van der Waals surface area contributed by atoms with E-state index in [2.05, 4.69) is 9.97 Å². The van der Waals surface area contributed by atoms with Crippen LogP contribution >= 0.6 is 12.2 Å². The highest BCUT2D eigenvalue weighted by Gasteiger charge is 2.36. The number of aromatic amines is 1. The van der Waals surface area contributed by atoms with E-state index in [1.807, 2.05) is 0 Å². The molecule has 3 rings (SSSR count). The lowest BCUT2D eigenvalue weighted by Gasteiger charge is -2.17. The van der Waals surface area contributed by atoms with Crippen molar-refractivity contribution in [3.63, 3.8) is 0 Å². The highest BCUT2D eigenvalue weighted by molar-refractivity contribution is 7.71. The molecule has 0 aliphatic heterocycles. The molecular weight excluding hydrogens is 343 g/mol. The van der Waals surface area contributed by atoms with Crippen molar-refractivity contribution < 1.29 is 17.6 Å². The van der Waals surface area contributed by atoms with E-state index in [1.54, 1.807) is 19.9 Å². The number of hydrogen-bond acceptors (Lipinski definition) is 4. The fourth-order valence-corrected chi connectivity index (χ4v) is 2.89. The molecule has 3 heterocycles. The van der Waals surface area contributed by atoms with Gasteiger partial charge in [0, 0.05) is 6.04 Å². The minimum Gasteiger partial charge on any atom is -0.463 e. The molecule has 0 unspecified atom stereocenters. The monoisotopic (exact) mass is 355 g/mol. The van der Waals surface area contributed by atoms with Crippen molar-refractivity contribution in [1.82, 2.24) is 14.5 Å². The van der Waals surface area contributed by atoms with Crippen molar-refractivity contribution in [2.45, 2.75) is 26.1 Å². The van der Waals surface area contributed by atoms with Gasteiger partial charge in [0.1, 0.15) is 11.3 Å². The Labute approximate surface area is 138 Å². The molecule has 9 heteroatoms. The Morgan fingerprint density at radius 3 is 2.62 bits per heavy atom. The van der Waals surface area contributed by atoms with Crippen LogP contribution in [0, 0.1) is 4.77 Å². The van der Waals surface area contributed by atoms with E-state index >= 15 is 0 Å². The lowest BCUT2D eigenvalue weighted by atomic mass is 10.1. The Balaban J connectivity index is 2.55. The molecule has 3 aromatic rings. The van der Waals surface area contributed by atoms with Gasteiger partial charge in [-0.05, 0) is 44.3 Å². The van der Waals surface area contributed by atoms with Gasteiger partial charge in [0.05, 0.1) is 17.2 Å². The molecule has 0 aliphatic rings. The second-order valence-electron chi connectivity index (χ2n) is 5.45. The largest absolute Gasteiger partial charge is 0.463 e. The van der Waals surface area contributed by atoms with Gasteiger partial charge in [-0.15, -0.1) is 0 Å². The van der Waals surface area contributed by atoms with E-state index in [4.69, 9.17) is 16.6 Å². The molecule has 126 valence electrons. The molecular formula is C15H12F3N3O2S. The molecule has 0 fully saturated rings. The minimum atomic E-state index is -4.73. The number of fused-ring (bicyclic) bond motifs is 1. The Bertz CT molecular complexity index is 1020. The fourth-order valence-electron chi connectivity index (χ4n) is 2.50. The number of aromatic nitrogens is 3. The van der Waals surface area contributed by atoms with E-state index in [1.165, 1.54) is 16.9 Å². The molecule has 0 saturated heterocycles. The average Bonchev–Trinajstić information content (AvgIpc) is 2.98. The molecule has 24 heavy (non-hydrogen) atoms. The third-order valence-electron chi connectivity index (χ3n) is 3.49. The Morgan fingerprint density at radius 2 is 2.08 bits per heavy atom. The normalized spacial score (nSPS) is 12.2. The van der Waals surface area contributed by atoms with Crippen LogP contribution in [0.5, 0.6) is 0 Å². The minimum absolute atomic E-state index is 0.0136. The van der Waals surface area contributed by atoms with Crippen molar-refractivity contribution >= 4 is 23.3 Å². The number of rotatable bonds is 2. The number of nitrogens with one attached hydrogen (secondary N) is 1. The van der Waals surface area contributed by atoms with Crippen LogP contribution in [0.15, 0.2) is 33.7 Å². The highest BCUT2D eigenvalue weighted by Crippen LogP contribution is 2.36. The summed E-state index contributed by atoms with van der Waals surface area (Å²) in [6.07, 6.45) is -3.39. The summed E-state index contributed by atoms with van der Waals surface area (Å²) < 4.78 is 47.1. The second kappa shape index (κ2) is 5.59. The molecule has 0 aromatic carbocycles. The van der Waals surface area contributed by atoms with Gasteiger partial charge >= 0.3 is 6.18 Å². The quantitative estimate of drug-likeness (QED) is 0.696. The van der Waals surface area contributed by atoms with Gasteiger partial charge in [-0.2, -0.15) is 13.2 Å². The number of nitrogens with zero attached hydrogens (tertiary/aromatic N) is 2. The van der Waals surface area contributed by atoms with Crippen LogP contribution in [0.4, 0.5) is 13.2 Å². The second-order valence-corrected chi connectivity index (χ2v) is 5.84. The third kappa shape index (κ3) is 2.64. The molecule has 0 radical (unpaired) electrons. The summed E-state index contributed by atoms with van der Waals surface area (Å²) in [6.45, 7) is 3.48. The zero-order chi connectivity index (χ0) is 17.6. The Kier molecular flexibility index (Phi) is 3.83. The number of furan rings is 1.